The van der Waals surface area contributed by atoms with Gasteiger partial charge in [0.05, 0.1) is 5.76 Å². The van der Waals surface area contributed by atoms with E-state index in [0.29, 0.717) is 18.1 Å². The van der Waals surface area contributed by atoms with Crippen LogP contribution in [-0.4, -0.2) is 15.9 Å². The Balaban J connectivity index is 0.000000175. The van der Waals surface area contributed by atoms with Crippen molar-refractivity contribution in [3.05, 3.63) is 77.7 Å². The van der Waals surface area contributed by atoms with Gasteiger partial charge in [-0.3, -0.25) is 4.79 Å². The fourth-order valence-corrected chi connectivity index (χ4v) is 4.31. The summed E-state index contributed by atoms with van der Waals surface area (Å²) in [6, 6.07) is 19.6. The third kappa shape index (κ3) is 5.06. The zero-order valence-electron chi connectivity index (χ0n) is 17.2. The third-order valence-electron chi connectivity index (χ3n) is 5.80. The van der Waals surface area contributed by atoms with Crippen LogP contribution in [0.3, 0.4) is 0 Å². The number of Topliss-reactive ketones (excluding diaryl/α,β-unsaturated/α-hetero) is 1. The first-order valence-electron chi connectivity index (χ1n) is 10.4. The number of hydrogen-bond acceptors (Lipinski definition) is 3. The van der Waals surface area contributed by atoms with Gasteiger partial charge in [-0.1, -0.05) is 29.8 Å². The molecule has 0 amide bonds. The van der Waals surface area contributed by atoms with Gasteiger partial charge in [0.25, 0.3) is 0 Å². The number of carbonyl (C=O) groups excluding carboxylic acids is 1. The van der Waals surface area contributed by atoms with Crippen molar-refractivity contribution in [2.75, 3.05) is 0 Å². The Kier molecular flexibility index (Phi) is 7.58. The summed E-state index contributed by atoms with van der Waals surface area (Å²) >= 11 is 0. The molecule has 1 N–H and O–H groups in total. The molecule has 0 bridgehead atoms. The SMILES string of the molecule is Cc1ccc2cnc(-c3[c-]cccc3)cc2c1.O=C1CCCC2CCCC(O)=C12.[Ir]. The van der Waals surface area contributed by atoms with Crippen LogP contribution in [0.25, 0.3) is 22.0 Å². The van der Waals surface area contributed by atoms with Crippen molar-refractivity contribution in [1.82, 2.24) is 4.98 Å². The number of ketones is 1. The zero-order chi connectivity index (χ0) is 20.2. The van der Waals surface area contributed by atoms with E-state index in [1.54, 1.807) is 0 Å². The summed E-state index contributed by atoms with van der Waals surface area (Å²) < 4.78 is 0. The number of benzene rings is 2. The molecule has 3 aromatic rings. The number of rotatable bonds is 1. The number of aryl methyl sites for hydroxylation is 1. The summed E-state index contributed by atoms with van der Waals surface area (Å²) in [7, 11) is 0. The second kappa shape index (κ2) is 10.1. The molecule has 4 heteroatoms. The first-order valence-corrected chi connectivity index (χ1v) is 10.4. The van der Waals surface area contributed by atoms with Crippen molar-refractivity contribution in [3.63, 3.8) is 0 Å². The number of aromatic nitrogens is 1. The number of allylic oxidation sites excluding steroid dienone is 2. The fraction of sp³-hybridized carbons (Fsp3) is 0.308. The van der Waals surface area contributed by atoms with Crippen LogP contribution in [0.5, 0.6) is 0 Å². The average molecular weight is 577 g/mol. The van der Waals surface area contributed by atoms with Crippen LogP contribution in [0.15, 0.2) is 66.1 Å². The summed E-state index contributed by atoms with van der Waals surface area (Å²) in [6.07, 6.45) is 7.56. The predicted molar refractivity (Wildman–Crippen MR) is 117 cm³/mol. The van der Waals surface area contributed by atoms with Crippen molar-refractivity contribution in [2.45, 2.75) is 45.4 Å². The van der Waals surface area contributed by atoms with E-state index in [2.05, 4.69) is 42.2 Å². The van der Waals surface area contributed by atoms with E-state index in [0.717, 1.165) is 48.9 Å². The molecule has 1 fully saturated rings. The minimum Gasteiger partial charge on any atom is -0.512 e. The third-order valence-corrected chi connectivity index (χ3v) is 5.80. The van der Waals surface area contributed by atoms with Gasteiger partial charge in [-0.2, -0.15) is 0 Å². The summed E-state index contributed by atoms with van der Waals surface area (Å²) in [5.41, 5.74) is 4.05. The molecule has 30 heavy (non-hydrogen) atoms. The number of fused-ring (bicyclic) bond motifs is 2. The Labute approximate surface area is 191 Å². The normalized spacial score (nSPS) is 18.2. The van der Waals surface area contributed by atoms with Gasteiger partial charge in [0.1, 0.15) is 0 Å². The summed E-state index contributed by atoms with van der Waals surface area (Å²) in [5, 5.41) is 11.9. The molecule has 1 radical (unpaired) electrons. The van der Waals surface area contributed by atoms with Gasteiger partial charge in [-0.05, 0) is 55.0 Å². The number of pyridine rings is 1. The largest absolute Gasteiger partial charge is 0.512 e. The zero-order valence-corrected chi connectivity index (χ0v) is 19.5. The van der Waals surface area contributed by atoms with E-state index in [9.17, 15) is 9.90 Å². The van der Waals surface area contributed by atoms with Crippen LogP contribution in [0, 0.1) is 18.9 Å². The first-order chi connectivity index (χ1) is 14.1. The minimum atomic E-state index is 0. The van der Waals surface area contributed by atoms with Gasteiger partial charge >= 0.3 is 0 Å². The molecule has 2 aliphatic rings. The maximum Gasteiger partial charge on any atom is 0.162 e. The molecule has 157 valence electrons. The van der Waals surface area contributed by atoms with Crippen LogP contribution >= 0.6 is 0 Å². The Morgan fingerprint density at radius 3 is 2.57 bits per heavy atom. The van der Waals surface area contributed by atoms with Crippen LogP contribution in [0.2, 0.25) is 0 Å². The van der Waals surface area contributed by atoms with E-state index in [1.165, 1.54) is 16.3 Å². The molecule has 1 atom stereocenters. The minimum absolute atomic E-state index is 0. The van der Waals surface area contributed by atoms with Gasteiger partial charge in [-0.25, -0.2) is 0 Å². The Morgan fingerprint density at radius 1 is 1.03 bits per heavy atom. The Morgan fingerprint density at radius 2 is 1.83 bits per heavy atom. The molecule has 1 heterocycles. The van der Waals surface area contributed by atoms with Gasteiger partial charge in [0.2, 0.25) is 0 Å². The molecule has 2 aromatic carbocycles. The molecular formula is C26H26IrNO2-. The van der Waals surface area contributed by atoms with Gasteiger partial charge < -0.3 is 10.1 Å². The predicted octanol–water partition coefficient (Wildman–Crippen LogP) is 6.36. The van der Waals surface area contributed by atoms with E-state index < -0.39 is 0 Å². The second-order valence-corrected chi connectivity index (χ2v) is 7.96. The Bertz CT molecular complexity index is 1060. The van der Waals surface area contributed by atoms with Crippen LogP contribution in [0.4, 0.5) is 0 Å². The molecule has 1 saturated carbocycles. The fourth-order valence-electron chi connectivity index (χ4n) is 4.31. The number of aliphatic hydroxyl groups excluding tert-OH is 1. The van der Waals surface area contributed by atoms with E-state index in [1.807, 2.05) is 30.5 Å². The van der Waals surface area contributed by atoms with Crippen molar-refractivity contribution < 1.29 is 30.0 Å². The first kappa shape index (κ1) is 22.4. The van der Waals surface area contributed by atoms with Crippen molar-refractivity contribution >= 4 is 16.6 Å². The topological polar surface area (TPSA) is 50.2 Å². The number of nitrogens with zero attached hydrogens (tertiary/aromatic N) is 1. The molecule has 0 spiro atoms. The number of aliphatic hydroxyl groups is 1. The average Bonchev–Trinajstić information content (AvgIpc) is 2.74. The van der Waals surface area contributed by atoms with Gasteiger partial charge in [0.15, 0.2) is 5.78 Å². The van der Waals surface area contributed by atoms with Crippen LogP contribution in [-0.2, 0) is 24.9 Å². The molecule has 1 unspecified atom stereocenters. The molecular weight excluding hydrogens is 551 g/mol. The maximum absolute atomic E-state index is 11.4. The van der Waals surface area contributed by atoms with Crippen molar-refractivity contribution in [2.24, 2.45) is 5.92 Å². The van der Waals surface area contributed by atoms with E-state index >= 15 is 0 Å². The van der Waals surface area contributed by atoms with Gasteiger partial charge in [0, 0.05) is 44.7 Å². The summed E-state index contributed by atoms with van der Waals surface area (Å²) in [6.45, 7) is 2.11. The molecule has 5 rings (SSSR count). The van der Waals surface area contributed by atoms with Crippen molar-refractivity contribution in [3.8, 4) is 11.3 Å². The molecule has 2 aliphatic carbocycles. The second-order valence-electron chi connectivity index (χ2n) is 7.96. The number of carbonyl (C=O) groups is 1. The standard InChI is InChI=1S/C16H12N.C10H14O2.Ir/c1-12-7-8-14-11-17-16(10-15(14)9-12)13-5-3-2-4-6-13;11-8-5-1-3-7-4-2-6-9(12)10(7)8;/h2-5,7-11H,1H3;7,11H,1-6H2;/q-1;;. The smallest absolute Gasteiger partial charge is 0.162 e. The number of hydrogen-bond donors (Lipinski definition) is 1. The summed E-state index contributed by atoms with van der Waals surface area (Å²) in [5.74, 6) is 0.972. The maximum atomic E-state index is 11.4. The van der Waals surface area contributed by atoms with Gasteiger partial charge in [-0.15, -0.1) is 35.9 Å². The monoisotopic (exact) mass is 577 g/mol. The van der Waals surface area contributed by atoms with E-state index in [-0.39, 0.29) is 25.9 Å². The Hall–Kier alpha value is -2.29. The molecule has 0 aliphatic heterocycles. The summed E-state index contributed by atoms with van der Waals surface area (Å²) in [4.78, 5) is 15.9. The quantitative estimate of drug-likeness (QED) is 0.343. The van der Waals surface area contributed by atoms with Crippen molar-refractivity contribution in [1.29, 1.82) is 0 Å². The van der Waals surface area contributed by atoms with E-state index in [4.69, 9.17) is 0 Å². The molecule has 0 saturated heterocycles. The molecule has 1 aromatic heterocycles. The van der Waals surface area contributed by atoms with Crippen LogP contribution < -0.4 is 0 Å². The van der Waals surface area contributed by atoms with Crippen LogP contribution in [0.1, 0.15) is 44.1 Å². The molecule has 3 nitrogen and oxygen atoms in total.